The zero-order valence-electron chi connectivity index (χ0n) is 19.4. The van der Waals surface area contributed by atoms with Gasteiger partial charge in [-0.2, -0.15) is 13.2 Å². The second kappa shape index (κ2) is 9.19. The summed E-state index contributed by atoms with van der Waals surface area (Å²) in [5.74, 6) is 0.217. The second-order valence-corrected chi connectivity index (χ2v) is 9.97. The Labute approximate surface area is 199 Å². The first-order chi connectivity index (χ1) is 16.3. The minimum Gasteiger partial charge on any atom is -0.444 e. The van der Waals surface area contributed by atoms with Gasteiger partial charge in [0.2, 0.25) is 0 Å². The van der Waals surface area contributed by atoms with Gasteiger partial charge in [-0.25, -0.2) is 13.6 Å². The summed E-state index contributed by atoms with van der Waals surface area (Å²) in [7, 11) is 0. The molecule has 1 N–H and O–H groups in total. The molecule has 1 aliphatic heterocycles. The molecule has 2 fully saturated rings. The van der Waals surface area contributed by atoms with Crippen LogP contribution in [0.15, 0.2) is 24.5 Å². The maximum atomic E-state index is 13.8. The van der Waals surface area contributed by atoms with E-state index in [0.29, 0.717) is 25.9 Å². The number of hydrogen-bond acceptors (Lipinski definition) is 6. The lowest BCUT2D eigenvalue weighted by molar-refractivity contribution is -0.137. The second-order valence-electron chi connectivity index (χ2n) is 9.97. The molecule has 0 aromatic carbocycles. The lowest BCUT2D eigenvalue weighted by atomic mass is 10.0. The number of likely N-dealkylation sites (tertiary alicyclic amines) is 1. The molecule has 12 heteroatoms. The van der Waals surface area contributed by atoms with Gasteiger partial charge in [-0.3, -0.25) is 4.98 Å². The van der Waals surface area contributed by atoms with Gasteiger partial charge >= 0.3 is 12.3 Å². The van der Waals surface area contributed by atoms with Crippen LogP contribution in [0.5, 0.6) is 0 Å². The molecule has 4 rings (SSSR count). The zero-order valence-corrected chi connectivity index (χ0v) is 19.4. The van der Waals surface area contributed by atoms with Crippen molar-refractivity contribution in [1.29, 1.82) is 0 Å². The van der Waals surface area contributed by atoms with Crippen molar-refractivity contribution in [1.82, 2.24) is 20.1 Å². The van der Waals surface area contributed by atoms with Gasteiger partial charge in [-0.1, -0.05) is 0 Å². The van der Waals surface area contributed by atoms with E-state index < -0.39 is 34.9 Å². The van der Waals surface area contributed by atoms with Crippen molar-refractivity contribution in [3.8, 4) is 11.3 Å². The van der Waals surface area contributed by atoms with Gasteiger partial charge in [0.15, 0.2) is 5.82 Å². The largest absolute Gasteiger partial charge is 0.444 e. The Morgan fingerprint density at radius 3 is 2.37 bits per heavy atom. The number of nitrogens with zero attached hydrogens (tertiary/aromatic N) is 4. The first-order valence-corrected chi connectivity index (χ1v) is 11.2. The third-order valence-corrected chi connectivity index (χ3v) is 6.20. The predicted octanol–water partition coefficient (Wildman–Crippen LogP) is 5.55. The summed E-state index contributed by atoms with van der Waals surface area (Å²) >= 11 is 0. The summed E-state index contributed by atoms with van der Waals surface area (Å²) in [5, 5.41) is 10.6. The summed E-state index contributed by atoms with van der Waals surface area (Å²) in [6, 6.07) is 1.52. The van der Waals surface area contributed by atoms with Gasteiger partial charge in [-0.05, 0) is 57.6 Å². The van der Waals surface area contributed by atoms with E-state index in [0.717, 1.165) is 24.5 Å². The summed E-state index contributed by atoms with van der Waals surface area (Å²) < 4.78 is 73.1. The molecule has 3 atom stereocenters. The predicted molar refractivity (Wildman–Crippen MR) is 117 cm³/mol. The molecule has 2 aromatic rings. The monoisotopic (exact) mass is 499 g/mol. The number of carbonyl (C=O) groups excluding carboxylic acids is 1. The van der Waals surface area contributed by atoms with Crippen molar-refractivity contribution in [3.63, 3.8) is 0 Å². The fourth-order valence-corrected chi connectivity index (χ4v) is 4.75. The molecule has 1 aliphatic carbocycles. The number of pyridine rings is 1. The average molecular weight is 499 g/mol. The van der Waals surface area contributed by atoms with Crippen LogP contribution in [0.4, 0.5) is 32.6 Å². The molecule has 2 aliphatic rings. The lowest BCUT2D eigenvalue weighted by Gasteiger charge is -2.25. The lowest BCUT2D eigenvalue weighted by Crippen LogP contribution is -2.36. The van der Waals surface area contributed by atoms with Crippen molar-refractivity contribution >= 4 is 11.9 Å². The highest BCUT2D eigenvalue weighted by atomic mass is 19.4. The minimum atomic E-state index is -4.70. The standard InChI is InChI=1S/C23H26F5N5O2/c1-22(2,3)35-21(34)33-10-12-6-14(7-13(12)11-33)30-20-15(19(24)25)8-18(31-32-20)16-9-29-5-4-17(16)23(26,27)28/h4-5,8-9,12-14,19H,6-7,10-11H2,1-3H3,(H,30,32)/t12-,13+,14?. The fourth-order valence-electron chi connectivity index (χ4n) is 4.75. The zero-order chi connectivity index (χ0) is 25.5. The van der Waals surface area contributed by atoms with Gasteiger partial charge in [0.1, 0.15) is 5.60 Å². The molecule has 0 spiro atoms. The highest BCUT2D eigenvalue weighted by molar-refractivity contribution is 5.68. The Morgan fingerprint density at radius 2 is 1.80 bits per heavy atom. The quantitative estimate of drug-likeness (QED) is 0.556. The van der Waals surface area contributed by atoms with E-state index in [1.165, 1.54) is 0 Å². The van der Waals surface area contributed by atoms with E-state index in [2.05, 4.69) is 20.5 Å². The molecule has 3 heterocycles. The van der Waals surface area contributed by atoms with E-state index in [1.807, 2.05) is 0 Å². The van der Waals surface area contributed by atoms with Gasteiger partial charge in [-0.15, -0.1) is 10.2 Å². The minimum absolute atomic E-state index is 0.157. The number of carbonyl (C=O) groups is 1. The van der Waals surface area contributed by atoms with Gasteiger partial charge in [0, 0.05) is 37.1 Å². The van der Waals surface area contributed by atoms with Crippen molar-refractivity contribution in [3.05, 3.63) is 35.7 Å². The number of anilines is 1. The number of rotatable bonds is 4. The molecule has 1 saturated heterocycles. The molecule has 190 valence electrons. The van der Waals surface area contributed by atoms with E-state index >= 15 is 0 Å². The van der Waals surface area contributed by atoms with E-state index in [-0.39, 0.29) is 35.5 Å². The summed E-state index contributed by atoms with van der Waals surface area (Å²) in [4.78, 5) is 17.7. The molecule has 35 heavy (non-hydrogen) atoms. The summed E-state index contributed by atoms with van der Waals surface area (Å²) in [6.45, 7) is 6.43. The van der Waals surface area contributed by atoms with E-state index in [4.69, 9.17) is 4.74 Å². The van der Waals surface area contributed by atoms with Crippen LogP contribution >= 0.6 is 0 Å². The number of fused-ring (bicyclic) bond motifs is 1. The highest BCUT2D eigenvalue weighted by Gasteiger charge is 2.44. The van der Waals surface area contributed by atoms with Crippen LogP contribution in [0.25, 0.3) is 11.3 Å². The first kappa shape index (κ1) is 25.1. The molecule has 7 nitrogen and oxygen atoms in total. The molecule has 1 saturated carbocycles. The number of halogens is 5. The van der Waals surface area contributed by atoms with Crippen LogP contribution in [0.2, 0.25) is 0 Å². The molecular formula is C23H26F5N5O2. The third kappa shape index (κ3) is 5.62. The Morgan fingerprint density at radius 1 is 1.14 bits per heavy atom. The Balaban J connectivity index is 1.47. The van der Waals surface area contributed by atoms with Crippen molar-refractivity contribution in [2.75, 3.05) is 18.4 Å². The SMILES string of the molecule is CC(C)(C)OC(=O)N1C[C@H]2CC(Nc3nnc(-c4cnccc4C(F)(F)F)cc3C(F)F)C[C@H]2C1. The maximum absolute atomic E-state index is 13.8. The molecule has 2 aromatic heterocycles. The number of aromatic nitrogens is 3. The van der Waals surface area contributed by atoms with Crippen LogP contribution in [0, 0.1) is 11.8 Å². The van der Waals surface area contributed by atoms with Crippen LogP contribution in [-0.2, 0) is 10.9 Å². The van der Waals surface area contributed by atoms with E-state index in [9.17, 15) is 26.7 Å². The number of hydrogen-bond donors (Lipinski definition) is 1. The molecular weight excluding hydrogens is 473 g/mol. The molecule has 1 amide bonds. The average Bonchev–Trinajstić information content (AvgIpc) is 3.31. The maximum Gasteiger partial charge on any atom is 0.417 e. The van der Waals surface area contributed by atoms with Crippen molar-refractivity contribution < 1.29 is 31.5 Å². The smallest absolute Gasteiger partial charge is 0.417 e. The summed E-state index contributed by atoms with van der Waals surface area (Å²) in [5.41, 5.74) is -2.90. The normalized spacial score (nSPS) is 22.4. The van der Waals surface area contributed by atoms with Crippen molar-refractivity contribution in [2.24, 2.45) is 11.8 Å². The van der Waals surface area contributed by atoms with Crippen LogP contribution < -0.4 is 5.32 Å². The number of nitrogens with one attached hydrogen (secondary N) is 1. The van der Waals surface area contributed by atoms with Crippen LogP contribution in [0.1, 0.15) is 51.2 Å². The molecule has 0 radical (unpaired) electrons. The Hall–Kier alpha value is -3.05. The molecule has 0 bridgehead atoms. The third-order valence-electron chi connectivity index (χ3n) is 6.20. The first-order valence-electron chi connectivity index (χ1n) is 11.2. The summed E-state index contributed by atoms with van der Waals surface area (Å²) in [6.07, 6.45) is -4.86. The highest BCUT2D eigenvalue weighted by Crippen LogP contribution is 2.41. The Bertz CT molecular complexity index is 1070. The fraction of sp³-hybridized carbons (Fsp3) is 0.565. The van der Waals surface area contributed by atoms with Gasteiger partial charge in [0.05, 0.1) is 16.8 Å². The van der Waals surface area contributed by atoms with Gasteiger partial charge in [0.25, 0.3) is 6.43 Å². The Kier molecular flexibility index (Phi) is 6.58. The number of ether oxygens (including phenoxy) is 1. The number of amides is 1. The van der Waals surface area contributed by atoms with Crippen LogP contribution in [-0.4, -0.2) is 50.9 Å². The number of alkyl halides is 5. The van der Waals surface area contributed by atoms with Crippen molar-refractivity contribution in [2.45, 2.75) is 57.9 Å². The molecule has 1 unspecified atom stereocenters. The topological polar surface area (TPSA) is 80.2 Å². The van der Waals surface area contributed by atoms with Crippen LogP contribution in [0.3, 0.4) is 0 Å². The van der Waals surface area contributed by atoms with E-state index in [1.54, 1.807) is 25.7 Å². The van der Waals surface area contributed by atoms with Gasteiger partial charge < -0.3 is 15.0 Å².